The molecule has 0 saturated heterocycles. The number of hydrogen-bond donors (Lipinski definition) is 0. The maximum absolute atomic E-state index is 15.4. The Hall–Kier alpha value is -1.99. The van der Waals surface area contributed by atoms with Crippen molar-refractivity contribution in [3.8, 4) is 0 Å². The minimum absolute atomic E-state index is 0.142. The van der Waals surface area contributed by atoms with Crippen LogP contribution in [0, 0.1) is 5.82 Å². The van der Waals surface area contributed by atoms with Gasteiger partial charge in [-0.2, -0.15) is 0 Å². The van der Waals surface area contributed by atoms with Crippen molar-refractivity contribution in [1.82, 2.24) is 0 Å². The summed E-state index contributed by atoms with van der Waals surface area (Å²) in [6.45, 7) is 0. The van der Waals surface area contributed by atoms with E-state index in [4.69, 9.17) is 10.7 Å². The van der Waals surface area contributed by atoms with E-state index >= 15 is 4.39 Å². The fourth-order valence-electron chi connectivity index (χ4n) is 2.28. The first-order valence-electron chi connectivity index (χ1n) is 6.74. The van der Waals surface area contributed by atoms with Crippen molar-refractivity contribution in [3.63, 3.8) is 0 Å². The van der Waals surface area contributed by atoms with Crippen LogP contribution in [0.3, 0.4) is 0 Å². The van der Waals surface area contributed by atoms with E-state index in [9.17, 15) is 17.6 Å². The molecule has 0 saturated carbocycles. The summed E-state index contributed by atoms with van der Waals surface area (Å²) < 4.78 is 57.2. The third kappa shape index (κ3) is 3.57. The van der Waals surface area contributed by atoms with Crippen LogP contribution in [0.25, 0.3) is 0 Å². The van der Waals surface area contributed by atoms with E-state index in [1.807, 2.05) is 0 Å². The van der Waals surface area contributed by atoms with Crippen LogP contribution in [0.4, 0.5) is 8.78 Å². The number of alkyl halides is 1. The minimum atomic E-state index is -4.75. The third-order valence-electron chi connectivity index (χ3n) is 3.48. The molecule has 8 heteroatoms. The van der Waals surface area contributed by atoms with E-state index in [1.54, 1.807) is 6.07 Å². The molecule has 0 radical (unpaired) electrons. The quantitative estimate of drug-likeness (QED) is 0.593. The van der Waals surface area contributed by atoms with Crippen molar-refractivity contribution >= 4 is 25.7 Å². The van der Waals surface area contributed by atoms with Crippen molar-refractivity contribution in [1.29, 1.82) is 0 Å². The number of hydrogen-bond acceptors (Lipinski definition) is 4. The van der Waals surface area contributed by atoms with Crippen molar-refractivity contribution < 1.29 is 26.7 Å². The van der Waals surface area contributed by atoms with Crippen molar-refractivity contribution in [2.75, 3.05) is 7.11 Å². The highest BCUT2D eigenvalue weighted by molar-refractivity contribution is 8.14. The molecule has 0 aliphatic carbocycles. The maximum atomic E-state index is 15.4. The molecule has 0 amide bonds. The molecule has 0 aliphatic rings. The van der Waals surface area contributed by atoms with Gasteiger partial charge in [0.15, 0.2) is 0 Å². The number of methoxy groups -OCH3 is 1. The molecular formula is C16H13ClF2O4S. The lowest BCUT2D eigenvalue weighted by Gasteiger charge is -2.23. The number of ether oxygens (including phenoxy) is 1. The fraction of sp³-hybridized carbons (Fsp3) is 0.188. The van der Waals surface area contributed by atoms with Crippen molar-refractivity contribution in [2.45, 2.75) is 11.4 Å². The van der Waals surface area contributed by atoms with E-state index in [1.165, 1.54) is 24.3 Å². The molecule has 0 heterocycles. The fourth-order valence-corrected chi connectivity index (χ4v) is 3.46. The van der Waals surface area contributed by atoms with Gasteiger partial charge in [0.25, 0.3) is 14.1 Å². The summed E-state index contributed by atoms with van der Waals surface area (Å²) >= 11 is 0. The lowest BCUT2D eigenvalue weighted by Crippen LogP contribution is -2.31. The van der Waals surface area contributed by atoms with Crippen LogP contribution in [0.1, 0.15) is 21.5 Å². The summed E-state index contributed by atoms with van der Waals surface area (Å²) in [5.41, 5.74) is -0.533. The van der Waals surface area contributed by atoms with Gasteiger partial charge in [0.2, 0.25) is 0 Å². The summed E-state index contributed by atoms with van der Waals surface area (Å²) in [7, 11) is 1.68. The van der Waals surface area contributed by atoms with Gasteiger partial charge in [-0.25, -0.2) is 22.0 Å². The molecule has 0 N–H and O–H groups in total. The van der Waals surface area contributed by atoms with Crippen molar-refractivity contribution in [2.24, 2.45) is 0 Å². The SMILES string of the molecule is COC(=O)c1ccc(F)cc1CC(F)(c1ccccc1)S(=O)(=O)Cl. The second-order valence-corrected chi connectivity index (χ2v) is 7.74. The van der Waals surface area contributed by atoms with Crippen LogP contribution in [0.2, 0.25) is 0 Å². The molecular weight excluding hydrogens is 362 g/mol. The van der Waals surface area contributed by atoms with Gasteiger partial charge in [0.1, 0.15) is 5.82 Å². The van der Waals surface area contributed by atoms with Gasteiger partial charge in [-0.3, -0.25) is 0 Å². The average molecular weight is 375 g/mol. The molecule has 0 bridgehead atoms. The zero-order valence-corrected chi connectivity index (χ0v) is 14.1. The number of benzene rings is 2. The topological polar surface area (TPSA) is 60.4 Å². The standard InChI is InChI=1S/C16H13ClF2O4S/c1-23-15(20)14-8-7-13(18)9-11(14)10-16(19,24(17,21)22)12-5-3-2-4-6-12/h2-9H,10H2,1H3. The average Bonchev–Trinajstić information content (AvgIpc) is 2.54. The number of halogens is 3. The Morgan fingerprint density at radius 1 is 1.21 bits per heavy atom. The normalized spacial score (nSPS) is 14.0. The first-order chi connectivity index (χ1) is 11.2. The second-order valence-electron chi connectivity index (χ2n) is 5.00. The summed E-state index contributed by atoms with van der Waals surface area (Å²) in [4.78, 5) is 11.8. The lowest BCUT2D eigenvalue weighted by molar-refractivity contribution is 0.0598. The first-order valence-corrected chi connectivity index (χ1v) is 9.05. The third-order valence-corrected chi connectivity index (χ3v) is 5.37. The monoisotopic (exact) mass is 374 g/mol. The van der Waals surface area contributed by atoms with Gasteiger partial charge >= 0.3 is 5.97 Å². The van der Waals surface area contributed by atoms with E-state index in [0.717, 1.165) is 25.3 Å². The number of esters is 1. The lowest BCUT2D eigenvalue weighted by atomic mass is 9.97. The molecule has 2 aromatic carbocycles. The summed E-state index contributed by atoms with van der Waals surface area (Å²) in [5, 5.41) is -3.04. The van der Waals surface area contributed by atoms with E-state index < -0.39 is 32.3 Å². The van der Waals surface area contributed by atoms with Gasteiger partial charge < -0.3 is 4.74 Å². The highest BCUT2D eigenvalue weighted by Crippen LogP contribution is 2.39. The van der Waals surface area contributed by atoms with Crippen LogP contribution >= 0.6 is 10.7 Å². The van der Waals surface area contributed by atoms with Crippen LogP contribution in [0.5, 0.6) is 0 Å². The minimum Gasteiger partial charge on any atom is -0.465 e. The molecule has 4 nitrogen and oxygen atoms in total. The summed E-state index contributed by atoms with van der Waals surface area (Å²) in [5.74, 6) is -1.59. The van der Waals surface area contributed by atoms with E-state index in [2.05, 4.69) is 4.74 Å². The molecule has 0 aliphatic heterocycles. The Labute approximate surface area is 142 Å². The van der Waals surface area contributed by atoms with Gasteiger partial charge in [-0.15, -0.1) is 0 Å². The van der Waals surface area contributed by atoms with Gasteiger partial charge in [0.05, 0.1) is 12.7 Å². The summed E-state index contributed by atoms with van der Waals surface area (Å²) in [6.07, 6.45) is -0.842. The highest BCUT2D eigenvalue weighted by atomic mass is 35.7. The van der Waals surface area contributed by atoms with Crippen LogP contribution in [-0.2, 0) is 25.2 Å². The molecule has 24 heavy (non-hydrogen) atoms. The maximum Gasteiger partial charge on any atom is 0.338 e. The van der Waals surface area contributed by atoms with E-state index in [0.29, 0.717) is 0 Å². The second kappa shape index (κ2) is 6.86. The zero-order chi connectivity index (χ0) is 18.0. The van der Waals surface area contributed by atoms with Crippen LogP contribution < -0.4 is 0 Å². The smallest absolute Gasteiger partial charge is 0.338 e. The van der Waals surface area contributed by atoms with Gasteiger partial charge in [-0.05, 0) is 23.8 Å². The largest absolute Gasteiger partial charge is 0.465 e. The number of carbonyl (C=O) groups is 1. The molecule has 2 rings (SSSR count). The molecule has 1 unspecified atom stereocenters. The molecule has 0 spiro atoms. The number of rotatable bonds is 5. The molecule has 128 valence electrons. The Morgan fingerprint density at radius 3 is 2.38 bits per heavy atom. The van der Waals surface area contributed by atoms with Crippen LogP contribution in [0.15, 0.2) is 48.5 Å². The Kier molecular flexibility index (Phi) is 5.25. The predicted molar refractivity (Wildman–Crippen MR) is 85.4 cm³/mol. The molecule has 2 aromatic rings. The Balaban J connectivity index is 2.61. The number of carbonyl (C=O) groups excluding carboxylic acids is 1. The molecule has 1 atom stereocenters. The zero-order valence-electron chi connectivity index (χ0n) is 12.5. The summed E-state index contributed by atoms with van der Waals surface area (Å²) in [6, 6.07) is 9.93. The Bertz CT molecular complexity index is 856. The van der Waals surface area contributed by atoms with E-state index in [-0.39, 0.29) is 16.7 Å². The molecule has 0 fully saturated rings. The first kappa shape index (κ1) is 18.4. The highest BCUT2D eigenvalue weighted by Gasteiger charge is 2.46. The predicted octanol–water partition coefficient (Wildman–Crippen LogP) is 3.55. The van der Waals surface area contributed by atoms with Crippen LogP contribution in [-0.4, -0.2) is 21.5 Å². The van der Waals surface area contributed by atoms with Crippen molar-refractivity contribution in [3.05, 3.63) is 71.0 Å². The molecule has 0 aromatic heterocycles. The van der Waals surface area contributed by atoms with Gasteiger partial charge in [0, 0.05) is 22.7 Å². The Morgan fingerprint density at radius 2 is 1.83 bits per heavy atom. The van der Waals surface area contributed by atoms with Gasteiger partial charge in [-0.1, -0.05) is 30.3 Å².